The number of anilines is 1. The van der Waals surface area contributed by atoms with E-state index in [0.717, 1.165) is 4.47 Å². The van der Waals surface area contributed by atoms with Crippen molar-refractivity contribution < 1.29 is 5.11 Å². The molecule has 2 aromatic rings. The number of rotatable bonds is 3. The number of hydrogen-bond acceptors (Lipinski definition) is 2. The molecule has 2 N–H and O–H groups in total. The number of phenols is 1. The van der Waals surface area contributed by atoms with E-state index >= 15 is 0 Å². The van der Waals surface area contributed by atoms with Crippen molar-refractivity contribution in [1.29, 1.82) is 0 Å². The molecule has 100 valence electrons. The number of hydrogen-bond donors (Lipinski definition) is 2. The van der Waals surface area contributed by atoms with Gasteiger partial charge in [0.05, 0.1) is 15.7 Å². The van der Waals surface area contributed by atoms with E-state index in [1.807, 2.05) is 0 Å². The highest BCUT2D eigenvalue weighted by Crippen LogP contribution is 2.36. The maximum Gasteiger partial charge on any atom is 0.120 e. The van der Waals surface area contributed by atoms with Crippen molar-refractivity contribution in [3.05, 3.63) is 55.4 Å². The molecule has 2 nitrogen and oxygen atoms in total. The maximum atomic E-state index is 9.72. The van der Waals surface area contributed by atoms with Gasteiger partial charge in [0.25, 0.3) is 0 Å². The molecule has 0 radical (unpaired) electrons. The van der Waals surface area contributed by atoms with Gasteiger partial charge in [0.15, 0.2) is 0 Å². The van der Waals surface area contributed by atoms with E-state index < -0.39 is 0 Å². The first kappa shape index (κ1) is 14.8. The lowest BCUT2D eigenvalue weighted by Crippen LogP contribution is -2.00. The summed E-state index contributed by atoms with van der Waals surface area (Å²) in [4.78, 5) is 0. The van der Waals surface area contributed by atoms with Crippen LogP contribution < -0.4 is 5.32 Å². The molecular formula is C13H9BrCl3NO. The molecule has 0 amide bonds. The maximum absolute atomic E-state index is 9.72. The quantitative estimate of drug-likeness (QED) is 0.666. The minimum atomic E-state index is 0.177. The summed E-state index contributed by atoms with van der Waals surface area (Å²) >= 11 is 21.3. The van der Waals surface area contributed by atoms with Crippen molar-refractivity contribution in [2.24, 2.45) is 0 Å². The van der Waals surface area contributed by atoms with Gasteiger partial charge in [-0.05, 0) is 46.3 Å². The van der Waals surface area contributed by atoms with Gasteiger partial charge in [0.1, 0.15) is 5.75 Å². The van der Waals surface area contributed by atoms with Crippen LogP contribution in [0.1, 0.15) is 5.56 Å². The van der Waals surface area contributed by atoms with Crippen LogP contribution in [0.25, 0.3) is 0 Å². The number of aromatic hydroxyl groups is 1. The highest BCUT2D eigenvalue weighted by Gasteiger charge is 2.09. The summed E-state index contributed by atoms with van der Waals surface area (Å²) in [6.45, 7) is 0.393. The molecule has 0 fully saturated rings. The van der Waals surface area contributed by atoms with Crippen LogP contribution in [-0.4, -0.2) is 5.11 Å². The zero-order valence-electron chi connectivity index (χ0n) is 9.55. The number of phenolic OH excluding ortho intramolecular Hbond substituents is 1. The Hall–Kier alpha value is -0.610. The van der Waals surface area contributed by atoms with Crippen molar-refractivity contribution >= 4 is 56.4 Å². The Kier molecular flexibility index (Phi) is 4.85. The number of benzene rings is 2. The topological polar surface area (TPSA) is 32.3 Å². The molecule has 0 aromatic heterocycles. The van der Waals surface area contributed by atoms with Crippen molar-refractivity contribution in [3.63, 3.8) is 0 Å². The van der Waals surface area contributed by atoms with Crippen LogP contribution in [0.4, 0.5) is 5.69 Å². The van der Waals surface area contributed by atoms with E-state index in [-0.39, 0.29) is 5.75 Å². The Morgan fingerprint density at radius 1 is 1.05 bits per heavy atom. The first-order chi connectivity index (χ1) is 8.99. The summed E-state index contributed by atoms with van der Waals surface area (Å²) in [5.41, 5.74) is 1.37. The van der Waals surface area contributed by atoms with Crippen LogP contribution in [0.15, 0.2) is 34.8 Å². The largest absolute Gasteiger partial charge is 0.508 e. The van der Waals surface area contributed by atoms with Crippen LogP contribution in [0.3, 0.4) is 0 Å². The number of halogens is 4. The van der Waals surface area contributed by atoms with Crippen LogP contribution in [0.2, 0.25) is 15.1 Å². The summed E-state index contributed by atoms with van der Waals surface area (Å²) in [7, 11) is 0. The van der Waals surface area contributed by atoms with E-state index in [2.05, 4.69) is 21.2 Å². The molecule has 2 aromatic carbocycles. The third kappa shape index (κ3) is 3.48. The second-order valence-electron chi connectivity index (χ2n) is 3.85. The van der Waals surface area contributed by atoms with Gasteiger partial charge in [-0.1, -0.05) is 34.8 Å². The Labute approximate surface area is 134 Å². The van der Waals surface area contributed by atoms with Gasteiger partial charge in [-0.3, -0.25) is 0 Å². The van der Waals surface area contributed by atoms with Crippen LogP contribution in [0.5, 0.6) is 5.75 Å². The minimum absolute atomic E-state index is 0.177. The third-order valence-electron chi connectivity index (χ3n) is 2.55. The van der Waals surface area contributed by atoms with Gasteiger partial charge in [-0.25, -0.2) is 0 Å². The Balaban J connectivity index is 2.19. The molecule has 0 unspecified atom stereocenters. The second-order valence-corrected chi connectivity index (χ2v) is 5.90. The van der Waals surface area contributed by atoms with Crippen molar-refractivity contribution in [2.75, 3.05) is 5.32 Å². The third-order valence-corrected chi connectivity index (χ3v) is 4.55. The molecule has 0 aliphatic heterocycles. The Bertz CT molecular complexity index is 619. The zero-order chi connectivity index (χ0) is 14.0. The molecule has 0 atom stereocenters. The fraction of sp³-hybridized carbons (Fsp3) is 0.0769. The fourth-order valence-corrected chi connectivity index (χ4v) is 2.58. The molecule has 0 bridgehead atoms. The Morgan fingerprint density at radius 2 is 1.79 bits per heavy atom. The van der Waals surface area contributed by atoms with Gasteiger partial charge in [0.2, 0.25) is 0 Å². The number of nitrogens with one attached hydrogen (secondary N) is 1. The molecule has 2 rings (SSSR count). The summed E-state index contributed by atoms with van der Waals surface area (Å²) < 4.78 is 0.732. The first-order valence-corrected chi connectivity index (χ1v) is 7.26. The van der Waals surface area contributed by atoms with E-state index in [4.69, 9.17) is 34.8 Å². The van der Waals surface area contributed by atoms with Gasteiger partial charge in [-0.2, -0.15) is 0 Å². The molecule has 0 heterocycles. The molecule has 19 heavy (non-hydrogen) atoms. The predicted octanol–water partition coefficient (Wildman–Crippen LogP) is 5.73. The van der Waals surface area contributed by atoms with Crippen molar-refractivity contribution in [3.8, 4) is 5.75 Å². The van der Waals surface area contributed by atoms with Crippen LogP contribution >= 0.6 is 50.7 Å². The molecule has 0 saturated carbocycles. The summed E-state index contributed by atoms with van der Waals surface area (Å²) in [5, 5.41) is 14.3. The van der Waals surface area contributed by atoms with E-state index in [1.54, 1.807) is 30.3 Å². The van der Waals surface area contributed by atoms with E-state index in [9.17, 15) is 5.11 Å². The Morgan fingerprint density at radius 3 is 2.53 bits per heavy atom. The van der Waals surface area contributed by atoms with Crippen LogP contribution in [-0.2, 0) is 6.54 Å². The van der Waals surface area contributed by atoms with Gasteiger partial charge in [-0.15, -0.1) is 0 Å². The van der Waals surface area contributed by atoms with Crippen molar-refractivity contribution in [1.82, 2.24) is 0 Å². The minimum Gasteiger partial charge on any atom is -0.508 e. The first-order valence-electron chi connectivity index (χ1n) is 5.34. The smallest absolute Gasteiger partial charge is 0.120 e. The molecule has 0 aliphatic rings. The molecule has 0 saturated heterocycles. The zero-order valence-corrected chi connectivity index (χ0v) is 13.4. The van der Waals surface area contributed by atoms with E-state index in [0.29, 0.717) is 32.9 Å². The highest BCUT2D eigenvalue weighted by molar-refractivity contribution is 9.10. The summed E-state index contributed by atoms with van der Waals surface area (Å²) in [5.74, 6) is 0.177. The standard InChI is InChI=1S/C13H9BrCl3NO/c14-9-2-3-10(13(17)12(9)16)18-6-7-5-8(15)1-4-11(7)19/h1-5,18-19H,6H2. The molecular weight excluding hydrogens is 372 g/mol. The lowest BCUT2D eigenvalue weighted by atomic mass is 10.2. The SMILES string of the molecule is Oc1ccc(Cl)cc1CNc1ccc(Br)c(Cl)c1Cl. The van der Waals surface area contributed by atoms with Gasteiger partial charge < -0.3 is 10.4 Å². The molecule has 6 heteroatoms. The summed E-state index contributed by atoms with van der Waals surface area (Å²) in [6, 6.07) is 8.48. The predicted molar refractivity (Wildman–Crippen MR) is 84.6 cm³/mol. The molecule has 0 aliphatic carbocycles. The van der Waals surface area contributed by atoms with E-state index in [1.165, 1.54) is 0 Å². The lowest BCUT2D eigenvalue weighted by Gasteiger charge is -2.11. The lowest BCUT2D eigenvalue weighted by molar-refractivity contribution is 0.469. The van der Waals surface area contributed by atoms with Gasteiger partial charge >= 0.3 is 0 Å². The fourth-order valence-electron chi connectivity index (χ4n) is 1.55. The van der Waals surface area contributed by atoms with Crippen molar-refractivity contribution in [2.45, 2.75) is 6.54 Å². The normalized spacial score (nSPS) is 10.5. The average molecular weight is 381 g/mol. The highest BCUT2D eigenvalue weighted by atomic mass is 79.9. The van der Waals surface area contributed by atoms with Gasteiger partial charge in [0, 0.05) is 21.6 Å². The second kappa shape index (κ2) is 6.23. The average Bonchev–Trinajstić information content (AvgIpc) is 2.39. The van der Waals surface area contributed by atoms with Crippen LogP contribution in [0, 0.1) is 0 Å². The monoisotopic (exact) mass is 379 g/mol. The summed E-state index contributed by atoms with van der Waals surface area (Å²) in [6.07, 6.45) is 0. The molecule has 0 spiro atoms.